The molecule has 2 saturated heterocycles. The molecule has 0 aromatic rings. The van der Waals surface area contributed by atoms with Gasteiger partial charge in [0, 0.05) is 25.7 Å². The van der Waals surface area contributed by atoms with Crippen LogP contribution in [-0.4, -0.2) is 106 Å². The number of imide groups is 1. The molecule has 1 N–H and O–H groups in total. The van der Waals surface area contributed by atoms with Gasteiger partial charge in [0.15, 0.2) is 0 Å². The number of cyclic esters (lactones) is 1. The molecule has 0 aromatic heterocycles. The van der Waals surface area contributed by atoms with E-state index in [1.54, 1.807) is 13.8 Å². The Morgan fingerprint density at radius 1 is 0.535 bits per heavy atom. The first-order chi connectivity index (χ1) is 40.0. The molecule has 3 atom stereocenters. The van der Waals surface area contributed by atoms with Gasteiger partial charge in [0.05, 0.1) is 45.8 Å². The smallest absolute Gasteiger partial charge is 0.347 e. The maximum absolute atomic E-state index is 12.6. The Kier molecular flexibility index (Phi) is 24.7. The summed E-state index contributed by atoms with van der Waals surface area (Å²) in [6.07, 6.45) is 24.3. The first-order valence-corrected chi connectivity index (χ1v) is 33.8. The summed E-state index contributed by atoms with van der Waals surface area (Å²) in [7, 11) is 0. The van der Waals surface area contributed by atoms with Gasteiger partial charge in [-0.1, -0.05) is 54.9 Å². The molecule has 2 aliphatic heterocycles. The number of aliphatic hydroxyl groups is 1. The summed E-state index contributed by atoms with van der Waals surface area (Å²) in [5, 5.41) is 10.6. The van der Waals surface area contributed by atoms with E-state index in [1.807, 2.05) is 83.1 Å². The van der Waals surface area contributed by atoms with Gasteiger partial charge in [-0.05, 0) is 240 Å². The minimum Gasteiger partial charge on any atom is -0.463 e. The zero-order valence-electron chi connectivity index (χ0n) is 56.7. The van der Waals surface area contributed by atoms with Crippen LogP contribution in [0.1, 0.15) is 285 Å². The van der Waals surface area contributed by atoms with Gasteiger partial charge < -0.3 is 33.5 Å². The molecule has 492 valence electrons. The second-order valence-electron chi connectivity index (χ2n) is 30.9. The van der Waals surface area contributed by atoms with Crippen LogP contribution in [0.5, 0.6) is 0 Å². The molecular weight excluding hydrogens is 1090 g/mol. The summed E-state index contributed by atoms with van der Waals surface area (Å²) < 4.78 is 32.9. The van der Waals surface area contributed by atoms with Gasteiger partial charge >= 0.3 is 35.8 Å². The molecule has 0 aromatic carbocycles. The van der Waals surface area contributed by atoms with Crippen molar-refractivity contribution in [3.63, 3.8) is 0 Å². The lowest BCUT2D eigenvalue weighted by molar-refractivity contribution is -0.225. The molecule has 9 aliphatic carbocycles. The second-order valence-corrected chi connectivity index (χ2v) is 30.9. The Morgan fingerprint density at radius 2 is 0.965 bits per heavy atom. The number of carbonyl (C=O) groups excluding carboxylic acids is 8. The number of carbonyl (C=O) groups is 8. The summed E-state index contributed by atoms with van der Waals surface area (Å²) in [5.74, 6) is 2.78. The normalized spacial score (nSPS) is 30.4. The van der Waals surface area contributed by atoms with Crippen molar-refractivity contribution in [3.8, 4) is 0 Å². The van der Waals surface area contributed by atoms with E-state index in [0.717, 1.165) is 87.4 Å². The summed E-state index contributed by atoms with van der Waals surface area (Å²) in [5.41, 5.74) is -3.31. The largest absolute Gasteiger partial charge is 0.463 e. The molecule has 11 fully saturated rings. The Hall–Kier alpha value is -4.08. The van der Waals surface area contributed by atoms with Gasteiger partial charge in [-0.2, -0.15) is 0 Å². The summed E-state index contributed by atoms with van der Waals surface area (Å²) in [6.45, 7) is 34.0. The van der Waals surface area contributed by atoms with E-state index in [9.17, 15) is 43.5 Å². The Balaban J connectivity index is 0.000000197. The van der Waals surface area contributed by atoms with Crippen LogP contribution in [0, 0.1) is 62.6 Å². The average Bonchev–Trinajstić information content (AvgIpc) is 0.877. The topological polar surface area (TPSA) is 215 Å². The quantitative estimate of drug-likeness (QED) is 0.0723. The monoisotopic (exact) mass is 1210 g/mol. The molecule has 9 saturated carbocycles. The molecule has 2 amide bonds. The molecular formula is C70H117NO15. The van der Waals surface area contributed by atoms with E-state index in [2.05, 4.69) is 20.8 Å². The van der Waals surface area contributed by atoms with Crippen molar-refractivity contribution in [1.29, 1.82) is 0 Å². The Bertz CT molecular complexity index is 2300. The Morgan fingerprint density at radius 3 is 1.38 bits per heavy atom. The van der Waals surface area contributed by atoms with Crippen molar-refractivity contribution in [2.75, 3.05) is 19.8 Å². The number of ether oxygens (including phenoxy) is 6. The number of hydrogen-bond donors (Lipinski definition) is 1. The zero-order chi connectivity index (χ0) is 64.5. The van der Waals surface area contributed by atoms with E-state index in [4.69, 9.17) is 28.4 Å². The fourth-order valence-electron chi connectivity index (χ4n) is 14.6. The summed E-state index contributed by atoms with van der Waals surface area (Å²) >= 11 is 0. The van der Waals surface area contributed by atoms with Crippen LogP contribution in [-0.2, 0) is 66.8 Å². The molecule has 0 spiro atoms. The maximum Gasteiger partial charge on any atom is 0.347 e. The van der Waals surface area contributed by atoms with Crippen LogP contribution in [0.2, 0.25) is 0 Å². The summed E-state index contributed by atoms with van der Waals surface area (Å²) in [4.78, 5) is 95.0. The average molecular weight is 1210 g/mol. The molecule has 2 heterocycles. The molecule has 86 heavy (non-hydrogen) atoms. The molecule has 16 nitrogen and oxygen atoms in total. The number of amides is 2. The van der Waals surface area contributed by atoms with Crippen LogP contribution in [0.25, 0.3) is 0 Å². The first kappa shape index (κ1) is 72.7. The third-order valence-corrected chi connectivity index (χ3v) is 22.4. The minimum absolute atomic E-state index is 0.0150. The zero-order valence-corrected chi connectivity index (χ0v) is 56.7. The first-order valence-electron chi connectivity index (χ1n) is 33.8. The number of nitrogens with zero attached hydrogens (tertiary/aromatic N) is 1. The van der Waals surface area contributed by atoms with Crippen LogP contribution >= 0.6 is 0 Å². The van der Waals surface area contributed by atoms with E-state index in [1.165, 1.54) is 57.8 Å². The fourth-order valence-corrected chi connectivity index (χ4v) is 14.6. The van der Waals surface area contributed by atoms with Crippen molar-refractivity contribution in [2.24, 2.45) is 62.6 Å². The highest BCUT2D eigenvalue weighted by Gasteiger charge is 2.61. The van der Waals surface area contributed by atoms with Crippen molar-refractivity contribution in [2.45, 2.75) is 313 Å². The number of likely N-dealkylation sites (tertiary alicyclic amines) is 1. The number of hydrogen-bond acceptors (Lipinski definition) is 15. The third kappa shape index (κ3) is 17.9. The van der Waals surface area contributed by atoms with E-state index >= 15 is 0 Å². The standard InChI is InChI=1S/C18H30O2.C16H26O3.C14H26O2.C12H19NO4.C10H16O4/c1-5-17(3,4)16(19)20-18(6-2)14-8-12-7-13(10-14)11-15(18)9-12;1-4-14(2,3)13(17)19-16-8-11-5-12(9-16)7-15(18,6-11)10-16;1-5-13(3,4)12(15)16-14(6-2)10-8-7-9-11-14;1-4-12(2,3)11(16)17-8-7-13-9(14)5-6-10(13)15;1-4-10(2,3)9(12)14-7-5-6-13-8(7)11/h12-15H,5-11H2,1-4H3;11-12,18H,4-10H2,1-3H3;5-11H2,1-4H3;4-8H2,1-3H3;7H,4-6H2,1-3H3. The van der Waals surface area contributed by atoms with E-state index in [-0.39, 0.29) is 95.3 Å². The third-order valence-electron chi connectivity index (χ3n) is 22.4. The van der Waals surface area contributed by atoms with Gasteiger partial charge in [-0.25, -0.2) is 4.79 Å². The molecule has 8 bridgehead atoms. The number of rotatable bonds is 19. The fraction of sp³-hybridized carbons (Fsp3) is 0.886. The van der Waals surface area contributed by atoms with Gasteiger partial charge in [0.25, 0.3) is 0 Å². The van der Waals surface area contributed by atoms with Crippen LogP contribution in [0.15, 0.2) is 0 Å². The Labute approximate surface area is 517 Å². The predicted molar refractivity (Wildman–Crippen MR) is 330 cm³/mol. The van der Waals surface area contributed by atoms with Gasteiger partial charge in [0.1, 0.15) is 23.4 Å². The molecule has 16 heteroatoms. The lowest BCUT2D eigenvalue weighted by Crippen LogP contribution is -2.61. The van der Waals surface area contributed by atoms with Crippen LogP contribution < -0.4 is 0 Å². The lowest BCUT2D eigenvalue weighted by Gasteiger charge is -2.60. The van der Waals surface area contributed by atoms with Gasteiger partial charge in [0.2, 0.25) is 17.9 Å². The van der Waals surface area contributed by atoms with Crippen molar-refractivity contribution in [3.05, 3.63) is 0 Å². The van der Waals surface area contributed by atoms with Gasteiger partial charge in [-0.3, -0.25) is 38.5 Å². The highest BCUT2D eigenvalue weighted by atomic mass is 16.6. The van der Waals surface area contributed by atoms with Crippen molar-refractivity contribution < 1.29 is 71.9 Å². The SMILES string of the molecule is CCC(C)(C)C(=O)OC1(CC)C2CC3CC(C2)CC1C3.CCC(C)(C)C(=O)OC12CC3CC(CC(O)(C3)C1)C2.CCC(C)(C)C(=O)OC1CCOC1=O.CCC(C)(C)C(=O)OCCN1C(=O)CCC1=O.CCC1(OC(=O)C(C)(C)CC)CCCCC1. The minimum atomic E-state index is -0.687. The van der Waals surface area contributed by atoms with Gasteiger partial charge in [-0.15, -0.1) is 0 Å². The van der Waals surface area contributed by atoms with Crippen LogP contribution in [0.3, 0.4) is 0 Å². The second kappa shape index (κ2) is 29.3. The molecule has 0 radical (unpaired) electrons. The van der Waals surface area contributed by atoms with Crippen molar-refractivity contribution in [1.82, 2.24) is 4.90 Å². The summed E-state index contributed by atoms with van der Waals surface area (Å²) in [6, 6.07) is 0. The van der Waals surface area contributed by atoms with Crippen molar-refractivity contribution >= 4 is 47.6 Å². The predicted octanol–water partition coefficient (Wildman–Crippen LogP) is 14.1. The highest BCUT2D eigenvalue weighted by molar-refractivity contribution is 6.02. The molecule has 11 rings (SSSR count). The van der Waals surface area contributed by atoms with Crippen LogP contribution in [0.4, 0.5) is 0 Å². The molecule has 11 aliphatic rings. The lowest BCUT2D eigenvalue weighted by atomic mass is 9.49. The van der Waals surface area contributed by atoms with E-state index in [0.29, 0.717) is 56.0 Å². The number of esters is 6. The molecule has 3 unspecified atom stereocenters. The van der Waals surface area contributed by atoms with E-state index < -0.39 is 33.9 Å². The maximum atomic E-state index is 12.6. The highest BCUT2D eigenvalue weighted by Crippen LogP contribution is 2.62.